The first-order chi connectivity index (χ1) is 14.9. The van der Waals surface area contributed by atoms with E-state index in [9.17, 15) is 14.4 Å². The maximum Gasteiger partial charge on any atom is 0.337 e. The first kappa shape index (κ1) is 22.0. The van der Waals surface area contributed by atoms with Crippen LogP contribution in [0.4, 0.5) is 0 Å². The Hall–Kier alpha value is -3.66. The van der Waals surface area contributed by atoms with Crippen molar-refractivity contribution in [2.24, 2.45) is 4.99 Å². The third kappa shape index (κ3) is 4.58. The molecule has 31 heavy (non-hydrogen) atoms. The Bertz CT molecular complexity index is 1230. The minimum absolute atomic E-state index is 0.153. The van der Waals surface area contributed by atoms with E-state index < -0.39 is 17.8 Å². The highest BCUT2D eigenvalue weighted by molar-refractivity contribution is 7.16. The van der Waals surface area contributed by atoms with E-state index in [1.165, 1.54) is 28.4 Å². The Balaban J connectivity index is 2.16. The molecule has 0 saturated heterocycles. The fourth-order valence-electron chi connectivity index (χ4n) is 2.87. The van der Waals surface area contributed by atoms with Crippen LogP contribution in [0.3, 0.4) is 0 Å². The van der Waals surface area contributed by atoms with Gasteiger partial charge in [0.25, 0.3) is 5.91 Å². The maximum absolute atomic E-state index is 12.9. The Morgan fingerprint density at radius 3 is 2.39 bits per heavy atom. The standard InChI is InChI=1S/C21H20N2O7S/c1-27-13-6-7-14(16(10-13)28-2)19(25)22-21-23(11-18(24)29-3)15-8-5-12(20(26)30-4)9-17(15)31-21/h5-10H,11H2,1-4H3. The van der Waals surface area contributed by atoms with Crippen molar-refractivity contribution < 1.29 is 33.3 Å². The van der Waals surface area contributed by atoms with Gasteiger partial charge in [-0.15, -0.1) is 0 Å². The van der Waals surface area contributed by atoms with Crippen LogP contribution in [-0.4, -0.2) is 50.9 Å². The third-order valence-electron chi connectivity index (χ3n) is 4.46. The molecule has 162 valence electrons. The first-order valence-electron chi connectivity index (χ1n) is 9.01. The summed E-state index contributed by atoms with van der Waals surface area (Å²) in [6, 6.07) is 9.62. The van der Waals surface area contributed by atoms with Crippen LogP contribution in [0.1, 0.15) is 20.7 Å². The van der Waals surface area contributed by atoms with Crippen molar-refractivity contribution in [1.82, 2.24) is 4.57 Å². The summed E-state index contributed by atoms with van der Waals surface area (Å²) < 4.78 is 22.2. The van der Waals surface area contributed by atoms with Crippen molar-refractivity contribution in [1.29, 1.82) is 0 Å². The Labute approximate surface area is 181 Å². The molecule has 0 unspecified atom stereocenters. The van der Waals surface area contributed by atoms with Crippen LogP contribution in [0.5, 0.6) is 11.5 Å². The van der Waals surface area contributed by atoms with Crippen molar-refractivity contribution in [2.75, 3.05) is 28.4 Å². The predicted octanol–water partition coefficient (Wildman–Crippen LogP) is 2.42. The van der Waals surface area contributed by atoms with E-state index in [4.69, 9.17) is 18.9 Å². The molecule has 1 amide bonds. The Morgan fingerprint density at radius 1 is 0.968 bits per heavy atom. The monoisotopic (exact) mass is 444 g/mol. The number of rotatable bonds is 6. The molecule has 0 bridgehead atoms. The minimum Gasteiger partial charge on any atom is -0.497 e. The zero-order valence-corrected chi connectivity index (χ0v) is 18.1. The second-order valence-corrected chi connectivity index (χ2v) is 7.21. The lowest BCUT2D eigenvalue weighted by molar-refractivity contribution is -0.141. The molecule has 2 aromatic carbocycles. The van der Waals surface area contributed by atoms with Gasteiger partial charge in [-0.3, -0.25) is 9.59 Å². The number of benzene rings is 2. The number of nitrogens with zero attached hydrogens (tertiary/aromatic N) is 2. The van der Waals surface area contributed by atoms with Gasteiger partial charge in [0.1, 0.15) is 18.0 Å². The van der Waals surface area contributed by atoms with Crippen LogP contribution in [0, 0.1) is 0 Å². The molecule has 0 spiro atoms. The average molecular weight is 444 g/mol. The molecule has 0 aliphatic carbocycles. The van der Waals surface area contributed by atoms with Crippen LogP contribution in [0.25, 0.3) is 10.2 Å². The molecular formula is C21H20N2O7S. The lowest BCUT2D eigenvalue weighted by Crippen LogP contribution is -2.22. The zero-order chi connectivity index (χ0) is 22.5. The highest BCUT2D eigenvalue weighted by Gasteiger charge is 2.17. The molecule has 0 N–H and O–H groups in total. The van der Waals surface area contributed by atoms with Gasteiger partial charge >= 0.3 is 11.9 Å². The summed E-state index contributed by atoms with van der Waals surface area (Å²) in [6.07, 6.45) is 0. The summed E-state index contributed by atoms with van der Waals surface area (Å²) in [5, 5.41) is 0. The number of hydrogen-bond donors (Lipinski definition) is 0. The summed E-state index contributed by atoms with van der Waals surface area (Å²) in [4.78, 5) is 41.2. The van der Waals surface area contributed by atoms with Gasteiger partial charge in [-0.05, 0) is 30.3 Å². The third-order valence-corrected chi connectivity index (χ3v) is 5.50. The number of methoxy groups -OCH3 is 4. The fraction of sp³-hybridized carbons (Fsp3) is 0.238. The van der Waals surface area contributed by atoms with Gasteiger partial charge in [0.2, 0.25) is 0 Å². The highest BCUT2D eigenvalue weighted by Crippen LogP contribution is 2.25. The Kier molecular flexibility index (Phi) is 6.71. The second kappa shape index (κ2) is 9.43. The molecule has 1 aromatic heterocycles. The van der Waals surface area contributed by atoms with Gasteiger partial charge in [0, 0.05) is 6.07 Å². The average Bonchev–Trinajstić information content (AvgIpc) is 3.13. The number of carbonyl (C=O) groups is 3. The summed E-state index contributed by atoms with van der Waals surface area (Å²) in [6.45, 7) is -0.153. The van der Waals surface area contributed by atoms with Crippen LogP contribution in [-0.2, 0) is 20.8 Å². The maximum atomic E-state index is 12.9. The van der Waals surface area contributed by atoms with Crippen molar-refractivity contribution >= 4 is 39.4 Å². The van der Waals surface area contributed by atoms with Crippen molar-refractivity contribution in [3.63, 3.8) is 0 Å². The topological polar surface area (TPSA) is 105 Å². The molecule has 0 radical (unpaired) electrons. The quantitative estimate of drug-likeness (QED) is 0.538. The van der Waals surface area contributed by atoms with Gasteiger partial charge in [0.05, 0.1) is 49.8 Å². The molecule has 3 rings (SSSR count). The van der Waals surface area contributed by atoms with Gasteiger partial charge in [-0.1, -0.05) is 11.3 Å². The molecular weight excluding hydrogens is 424 g/mol. The van der Waals surface area contributed by atoms with Crippen molar-refractivity contribution in [3.8, 4) is 11.5 Å². The number of esters is 2. The molecule has 9 nitrogen and oxygen atoms in total. The summed E-state index contributed by atoms with van der Waals surface area (Å²) in [5.41, 5.74) is 1.20. The van der Waals surface area contributed by atoms with Crippen LogP contribution in [0.2, 0.25) is 0 Å². The molecule has 10 heteroatoms. The number of aromatic nitrogens is 1. The molecule has 3 aromatic rings. The van der Waals surface area contributed by atoms with E-state index in [1.807, 2.05) is 0 Å². The Morgan fingerprint density at radius 2 is 1.74 bits per heavy atom. The zero-order valence-electron chi connectivity index (χ0n) is 17.3. The minimum atomic E-state index is -0.558. The van der Waals surface area contributed by atoms with Crippen molar-refractivity contribution in [3.05, 3.63) is 52.3 Å². The largest absolute Gasteiger partial charge is 0.497 e. The van der Waals surface area contributed by atoms with Gasteiger partial charge in [-0.2, -0.15) is 4.99 Å². The van der Waals surface area contributed by atoms with E-state index in [0.29, 0.717) is 27.3 Å². The van der Waals surface area contributed by atoms with Gasteiger partial charge < -0.3 is 23.5 Å². The van der Waals surface area contributed by atoms with Crippen LogP contribution < -0.4 is 14.3 Å². The second-order valence-electron chi connectivity index (χ2n) is 6.20. The number of carbonyl (C=O) groups excluding carboxylic acids is 3. The van der Waals surface area contributed by atoms with E-state index in [1.54, 1.807) is 41.0 Å². The van der Waals surface area contributed by atoms with E-state index in [-0.39, 0.29) is 16.9 Å². The van der Waals surface area contributed by atoms with E-state index in [0.717, 1.165) is 11.3 Å². The lowest BCUT2D eigenvalue weighted by atomic mass is 10.2. The number of amides is 1. The molecule has 0 aliphatic heterocycles. The predicted molar refractivity (Wildman–Crippen MR) is 113 cm³/mol. The number of fused-ring (bicyclic) bond motifs is 1. The normalized spacial score (nSPS) is 11.3. The fourth-order valence-corrected chi connectivity index (χ4v) is 3.94. The SMILES string of the molecule is COC(=O)Cn1c(=NC(=O)c2ccc(OC)cc2OC)sc2cc(C(=O)OC)ccc21. The number of hydrogen-bond acceptors (Lipinski definition) is 8. The van der Waals surface area contributed by atoms with Crippen molar-refractivity contribution in [2.45, 2.75) is 6.54 Å². The molecule has 0 saturated carbocycles. The van der Waals surface area contributed by atoms with Gasteiger partial charge in [0.15, 0.2) is 4.80 Å². The summed E-state index contributed by atoms with van der Waals surface area (Å²) in [7, 11) is 5.52. The van der Waals surface area contributed by atoms with Gasteiger partial charge in [-0.25, -0.2) is 4.79 Å². The molecule has 0 aliphatic rings. The number of thiazole rings is 1. The lowest BCUT2D eigenvalue weighted by Gasteiger charge is -2.07. The van der Waals surface area contributed by atoms with Crippen LogP contribution in [0.15, 0.2) is 41.4 Å². The molecule has 1 heterocycles. The van der Waals surface area contributed by atoms with Crippen LogP contribution >= 0.6 is 11.3 Å². The van der Waals surface area contributed by atoms with E-state index in [2.05, 4.69) is 4.99 Å². The summed E-state index contributed by atoms with van der Waals surface area (Å²) >= 11 is 1.16. The highest BCUT2D eigenvalue weighted by atomic mass is 32.1. The molecule has 0 fully saturated rings. The molecule has 0 atom stereocenters. The summed E-state index contributed by atoms with van der Waals surface area (Å²) in [5.74, 6) is -0.717. The first-order valence-corrected chi connectivity index (χ1v) is 9.83. The smallest absolute Gasteiger partial charge is 0.337 e. The van der Waals surface area contributed by atoms with E-state index >= 15 is 0 Å². The number of ether oxygens (including phenoxy) is 4.